The number of ether oxygens (including phenoxy) is 1. The molecule has 0 bridgehead atoms. The fourth-order valence-electron chi connectivity index (χ4n) is 5.36. The Hall–Kier alpha value is -3.13. The van der Waals surface area contributed by atoms with Gasteiger partial charge in [-0.15, -0.1) is 4.33 Å². The van der Waals surface area contributed by atoms with Gasteiger partial charge in [0.2, 0.25) is 0 Å². The zero-order chi connectivity index (χ0) is 28.3. The molecule has 5 aromatic rings. The van der Waals surface area contributed by atoms with Crippen LogP contribution in [0.25, 0.3) is 32.8 Å². The third kappa shape index (κ3) is 5.82. The molecule has 0 saturated carbocycles. The van der Waals surface area contributed by atoms with Crippen molar-refractivity contribution >= 4 is 55.0 Å². The summed E-state index contributed by atoms with van der Waals surface area (Å²) in [7, 11) is -4.07. The Kier molecular flexibility index (Phi) is 8.64. The van der Waals surface area contributed by atoms with E-state index in [1.54, 1.807) is 0 Å². The monoisotopic (exact) mass is 586 g/mol. The van der Waals surface area contributed by atoms with E-state index in [0.717, 1.165) is 56.5 Å². The van der Waals surface area contributed by atoms with Gasteiger partial charge in [-0.05, 0) is 30.7 Å². The second kappa shape index (κ2) is 12.2. The van der Waals surface area contributed by atoms with Crippen LogP contribution in [-0.4, -0.2) is 39.7 Å². The maximum Gasteiger partial charge on any atom is 0.265 e. The Morgan fingerprint density at radius 2 is 1.75 bits per heavy atom. The lowest BCUT2D eigenvalue weighted by Crippen LogP contribution is -2.37. The van der Waals surface area contributed by atoms with Crippen molar-refractivity contribution in [3.8, 4) is 5.75 Å². The summed E-state index contributed by atoms with van der Waals surface area (Å²) in [6, 6.07) is 22.0. The molecule has 1 unspecified atom stereocenters. The minimum Gasteiger partial charge on any atom is -0.489 e. The predicted octanol–water partition coefficient (Wildman–Crippen LogP) is 5.68. The lowest BCUT2D eigenvalue weighted by molar-refractivity contribution is -0.678. The summed E-state index contributed by atoms with van der Waals surface area (Å²) in [5.41, 5.74) is 3.91. The zero-order valence-corrected chi connectivity index (χ0v) is 23.9. The van der Waals surface area contributed by atoms with E-state index in [-0.39, 0.29) is 17.5 Å². The van der Waals surface area contributed by atoms with Crippen LogP contribution < -0.4 is 9.30 Å². The van der Waals surface area contributed by atoms with E-state index in [9.17, 15) is 13.0 Å². The van der Waals surface area contributed by atoms with Crippen molar-refractivity contribution in [1.29, 1.82) is 0 Å². The molecule has 0 saturated heterocycles. The second-order valence-electron chi connectivity index (χ2n) is 9.50. The van der Waals surface area contributed by atoms with Crippen molar-refractivity contribution in [2.45, 2.75) is 45.2 Å². The van der Waals surface area contributed by atoms with Crippen molar-refractivity contribution in [2.75, 3.05) is 12.4 Å². The first-order valence-electron chi connectivity index (χ1n) is 13.0. The van der Waals surface area contributed by atoms with Crippen LogP contribution >= 0.6 is 12.0 Å². The number of rotatable bonds is 13. The molecule has 12 heteroatoms. The first kappa shape index (κ1) is 28.4. The average Bonchev–Trinajstić information content (AvgIpc) is 3.39. The Balaban J connectivity index is 1.65. The highest BCUT2D eigenvalue weighted by Gasteiger charge is 2.26. The third-order valence-corrected chi connectivity index (χ3v) is 8.81. The van der Waals surface area contributed by atoms with Crippen LogP contribution in [0, 0.1) is 6.92 Å². The van der Waals surface area contributed by atoms with Crippen molar-refractivity contribution in [1.82, 2.24) is 9.13 Å². The molecule has 2 aromatic heterocycles. The molecule has 10 nitrogen and oxygen atoms in total. The first-order valence-corrected chi connectivity index (χ1v) is 15.5. The summed E-state index contributed by atoms with van der Waals surface area (Å²) in [4.78, 5) is 0. The van der Waals surface area contributed by atoms with Crippen LogP contribution in [0.2, 0.25) is 0 Å². The summed E-state index contributed by atoms with van der Waals surface area (Å²) in [6.45, 7) is 5.48. The van der Waals surface area contributed by atoms with Gasteiger partial charge in [-0.2, -0.15) is 8.42 Å². The van der Waals surface area contributed by atoms with E-state index >= 15 is 0 Å². The Bertz CT molecular complexity index is 1730. The van der Waals surface area contributed by atoms with Gasteiger partial charge in [-0.1, -0.05) is 48.4 Å². The van der Waals surface area contributed by atoms with Gasteiger partial charge in [-0.3, -0.25) is 4.55 Å². The van der Waals surface area contributed by atoms with Gasteiger partial charge >= 0.3 is 0 Å². The molecule has 2 N–H and O–H groups in total. The molecule has 0 spiro atoms. The van der Waals surface area contributed by atoms with Gasteiger partial charge in [0, 0.05) is 30.2 Å². The molecule has 0 radical (unpaired) electrons. The van der Waals surface area contributed by atoms with Gasteiger partial charge in [0.25, 0.3) is 15.9 Å². The molecule has 5 rings (SSSR count). The van der Waals surface area contributed by atoms with E-state index in [4.69, 9.17) is 14.3 Å². The number of nitrogens with zero attached hydrogens (tertiary/aromatic N) is 3. The standard InChI is InChI=1S/C28H31N3O7S2/c1-3-28(39-38-37-32)31-24-13-8-7-12-22(24)23-18-26-27(19-25(23)31)29(14-9-17-40(33,34)35)20(2)30(26)15-16-36-21-10-5-4-6-11-21/h4-8,10-13,18-19,28H,3,9,14-17H2,1-2H3,(H-,32,33,34,35)/p+1. The van der Waals surface area contributed by atoms with E-state index in [2.05, 4.69) is 43.0 Å². The quantitative estimate of drug-likeness (QED) is 0.0595. The molecule has 0 amide bonds. The minimum atomic E-state index is -4.07. The molecular weight excluding hydrogens is 554 g/mol. The predicted molar refractivity (Wildman–Crippen MR) is 155 cm³/mol. The van der Waals surface area contributed by atoms with Gasteiger partial charge in [-0.25, -0.2) is 14.4 Å². The number of imidazole rings is 1. The fourth-order valence-corrected chi connectivity index (χ4v) is 6.43. The number of hydrogen-bond acceptors (Lipinski definition) is 7. The molecule has 40 heavy (non-hydrogen) atoms. The summed E-state index contributed by atoms with van der Waals surface area (Å²) in [5, 5.41) is 14.6. The lowest BCUT2D eigenvalue weighted by atomic mass is 10.1. The van der Waals surface area contributed by atoms with Gasteiger partial charge in [0.1, 0.15) is 24.3 Å². The van der Waals surface area contributed by atoms with Crippen molar-refractivity contribution in [3.63, 3.8) is 0 Å². The Labute approximate surface area is 236 Å². The number of hydrogen-bond donors (Lipinski definition) is 2. The zero-order valence-electron chi connectivity index (χ0n) is 22.3. The van der Waals surface area contributed by atoms with E-state index in [1.165, 1.54) is 0 Å². The molecule has 3 aromatic carbocycles. The highest BCUT2D eigenvalue weighted by atomic mass is 32.2. The van der Waals surface area contributed by atoms with Crippen molar-refractivity contribution in [2.24, 2.45) is 0 Å². The maximum atomic E-state index is 11.4. The summed E-state index contributed by atoms with van der Waals surface area (Å²) in [5.74, 6) is 1.42. The van der Waals surface area contributed by atoms with Crippen LogP contribution in [0.3, 0.4) is 0 Å². The largest absolute Gasteiger partial charge is 0.489 e. The van der Waals surface area contributed by atoms with Gasteiger partial charge in [0.05, 0.1) is 35.4 Å². The molecule has 0 aliphatic rings. The first-order chi connectivity index (χ1) is 19.3. The molecular formula is C28H32N3O7S2+. The SMILES string of the molecule is CCC(SOOO)n1c2ccccc2c2cc3c(cc21)[n+](CCCS(=O)(=O)O)c(C)n3CCOc1ccccc1. The van der Waals surface area contributed by atoms with E-state index in [1.807, 2.05) is 56.3 Å². The molecule has 2 heterocycles. The van der Waals surface area contributed by atoms with Crippen LogP contribution in [0.15, 0.2) is 66.7 Å². The summed E-state index contributed by atoms with van der Waals surface area (Å²) < 4.78 is 49.5. The maximum absolute atomic E-state index is 11.4. The number of fused-ring (bicyclic) bond motifs is 4. The van der Waals surface area contributed by atoms with Crippen LogP contribution in [-0.2, 0) is 32.6 Å². The molecule has 0 fully saturated rings. The highest BCUT2D eigenvalue weighted by molar-refractivity contribution is 7.94. The molecule has 212 valence electrons. The van der Waals surface area contributed by atoms with Gasteiger partial charge in [0.15, 0.2) is 11.0 Å². The van der Waals surface area contributed by atoms with Gasteiger partial charge < -0.3 is 9.30 Å². The van der Waals surface area contributed by atoms with E-state index in [0.29, 0.717) is 26.1 Å². The van der Waals surface area contributed by atoms with Crippen molar-refractivity contribution < 1.29 is 36.9 Å². The topological polar surface area (TPSA) is 116 Å². The molecule has 1 atom stereocenters. The smallest absolute Gasteiger partial charge is 0.265 e. The lowest BCUT2D eigenvalue weighted by Gasteiger charge is -2.17. The molecule has 0 aliphatic carbocycles. The number of para-hydroxylation sites is 2. The number of aryl methyl sites for hydroxylation is 1. The highest BCUT2D eigenvalue weighted by Crippen LogP contribution is 2.39. The van der Waals surface area contributed by atoms with Crippen LogP contribution in [0.1, 0.15) is 31.0 Å². The van der Waals surface area contributed by atoms with Crippen LogP contribution in [0.4, 0.5) is 0 Å². The van der Waals surface area contributed by atoms with Crippen molar-refractivity contribution in [3.05, 3.63) is 72.6 Å². The Morgan fingerprint density at radius 3 is 2.48 bits per heavy atom. The third-order valence-electron chi connectivity index (χ3n) is 7.10. The normalized spacial score (nSPS) is 13.0. The summed E-state index contributed by atoms with van der Waals surface area (Å²) in [6.07, 6.45) is 0.963. The molecule has 0 aliphatic heterocycles. The minimum absolute atomic E-state index is 0.192. The van der Waals surface area contributed by atoms with Crippen LogP contribution in [0.5, 0.6) is 5.75 Å². The average molecular weight is 587 g/mol. The summed E-state index contributed by atoms with van der Waals surface area (Å²) >= 11 is 1.02. The fraction of sp³-hybridized carbons (Fsp3) is 0.321. The Morgan fingerprint density at radius 1 is 1.00 bits per heavy atom. The second-order valence-corrected chi connectivity index (χ2v) is 11.9. The number of aromatic nitrogens is 3. The number of benzene rings is 3. The van der Waals surface area contributed by atoms with E-state index < -0.39 is 10.1 Å².